The Morgan fingerprint density at radius 3 is 2.66 bits per heavy atom. The number of anilines is 1. The lowest BCUT2D eigenvalue weighted by atomic mass is 9.94. The van der Waals surface area contributed by atoms with Crippen molar-refractivity contribution in [3.05, 3.63) is 82.2 Å². The molecule has 0 saturated heterocycles. The first-order chi connectivity index (χ1) is 13.8. The predicted octanol–water partition coefficient (Wildman–Crippen LogP) is 5.24. The molecule has 1 aromatic heterocycles. The first kappa shape index (κ1) is 19.2. The zero-order valence-corrected chi connectivity index (χ0v) is 16.0. The van der Waals surface area contributed by atoms with Gasteiger partial charge in [-0.1, -0.05) is 25.1 Å². The Hall–Kier alpha value is -3.09. The molecule has 0 radical (unpaired) electrons. The fourth-order valence-electron chi connectivity index (χ4n) is 3.80. The Morgan fingerprint density at radius 2 is 1.97 bits per heavy atom. The number of nitrogens with zero attached hydrogens (tertiary/aromatic N) is 2. The normalized spacial score (nSPS) is 14.9. The van der Waals surface area contributed by atoms with E-state index >= 15 is 0 Å². The van der Waals surface area contributed by atoms with Gasteiger partial charge in [-0.25, -0.2) is 0 Å². The number of H-pyrrole nitrogens is 1. The van der Waals surface area contributed by atoms with E-state index in [1.54, 1.807) is 6.07 Å². The summed E-state index contributed by atoms with van der Waals surface area (Å²) in [4.78, 5) is 14.2. The average molecular weight is 399 g/mol. The molecular weight excluding hydrogens is 379 g/mol. The number of carbonyl (C=O) groups is 1. The number of aromatic amines is 1. The molecule has 1 aliphatic rings. The Balaban J connectivity index is 1.62. The Kier molecular flexibility index (Phi) is 4.68. The second-order valence-electron chi connectivity index (χ2n) is 7.44. The van der Waals surface area contributed by atoms with Gasteiger partial charge in [-0.05, 0) is 60.2 Å². The summed E-state index contributed by atoms with van der Waals surface area (Å²) in [6, 6.07) is 11.2. The number of amides is 1. The van der Waals surface area contributed by atoms with Crippen LogP contribution >= 0.6 is 0 Å². The van der Waals surface area contributed by atoms with E-state index in [1.165, 1.54) is 17.0 Å². The van der Waals surface area contributed by atoms with Gasteiger partial charge in [0.05, 0.1) is 17.8 Å². The Morgan fingerprint density at radius 1 is 1.21 bits per heavy atom. The standard InChI is InChI=1S/C22H20F3N3O/c1-13(9-20-14(2)11-26-27-20)15-5-3-6-16(10-15)28-12-18-17(21(28)29)7-4-8-19(18)22(23,24)25/h3-8,10-11,13H,9,12H2,1-2H3,(H,26,27)/t13-/m0/s1. The van der Waals surface area contributed by atoms with Crippen molar-refractivity contribution in [3.8, 4) is 0 Å². The number of hydrogen-bond acceptors (Lipinski definition) is 2. The number of alkyl halides is 3. The Bertz CT molecular complexity index is 1070. The van der Waals surface area contributed by atoms with Crippen LogP contribution < -0.4 is 4.90 Å². The van der Waals surface area contributed by atoms with Gasteiger partial charge in [-0.15, -0.1) is 0 Å². The van der Waals surface area contributed by atoms with E-state index < -0.39 is 17.6 Å². The van der Waals surface area contributed by atoms with E-state index in [0.29, 0.717) is 5.69 Å². The summed E-state index contributed by atoms with van der Waals surface area (Å²) in [5, 5.41) is 7.11. The molecule has 1 aliphatic heterocycles. The van der Waals surface area contributed by atoms with Gasteiger partial charge >= 0.3 is 6.18 Å². The molecule has 4 rings (SSSR count). The van der Waals surface area contributed by atoms with Crippen molar-refractivity contribution < 1.29 is 18.0 Å². The molecule has 0 spiro atoms. The van der Waals surface area contributed by atoms with Crippen LogP contribution in [0.3, 0.4) is 0 Å². The van der Waals surface area contributed by atoms with Crippen molar-refractivity contribution in [1.29, 1.82) is 0 Å². The van der Waals surface area contributed by atoms with Crippen LogP contribution in [-0.2, 0) is 19.1 Å². The molecule has 1 atom stereocenters. The molecule has 150 valence electrons. The van der Waals surface area contributed by atoms with Crippen molar-refractivity contribution >= 4 is 11.6 Å². The van der Waals surface area contributed by atoms with Crippen LogP contribution in [0.15, 0.2) is 48.7 Å². The molecule has 0 bridgehead atoms. The van der Waals surface area contributed by atoms with Gasteiger partial charge in [0.1, 0.15) is 0 Å². The number of halogens is 3. The maximum absolute atomic E-state index is 13.3. The third kappa shape index (κ3) is 3.52. The maximum atomic E-state index is 13.3. The highest BCUT2D eigenvalue weighted by Crippen LogP contribution is 2.38. The highest BCUT2D eigenvalue weighted by atomic mass is 19.4. The highest BCUT2D eigenvalue weighted by Gasteiger charge is 2.39. The number of carbonyl (C=O) groups excluding carboxylic acids is 1. The van der Waals surface area contributed by atoms with Crippen molar-refractivity contribution in [2.24, 2.45) is 0 Å². The van der Waals surface area contributed by atoms with Crippen LogP contribution in [0.5, 0.6) is 0 Å². The molecule has 0 unspecified atom stereocenters. The number of fused-ring (bicyclic) bond motifs is 1. The number of aromatic nitrogens is 2. The van der Waals surface area contributed by atoms with E-state index in [9.17, 15) is 18.0 Å². The van der Waals surface area contributed by atoms with E-state index in [-0.39, 0.29) is 23.6 Å². The van der Waals surface area contributed by atoms with Gasteiger partial charge in [0.15, 0.2) is 0 Å². The van der Waals surface area contributed by atoms with Crippen molar-refractivity contribution in [2.45, 2.75) is 38.9 Å². The average Bonchev–Trinajstić information content (AvgIpc) is 3.24. The quantitative estimate of drug-likeness (QED) is 0.652. The molecule has 0 saturated carbocycles. The van der Waals surface area contributed by atoms with Crippen molar-refractivity contribution in [2.75, 3.05) is 4.90 Å². The summed E-state index contributed by atoms with van der Waals surface area (Å²) in [6.45, 7) is 3.97. The molecule has 0 fully saturated rings. The minimum Gasteiger partial charge on any atom is -0.304 e. The fourth-order valence-corrected chi connectivity index (χ4v) is 3.80. The first-order valence-corrected chi connectivity index (χ1v) is 9.36. The van der Waals surface area contributed by atoms with Crippen molar-refractivity contribution in [3.63, 3.8) is 0 Å². The van der Waals surface area contributed by atoms with Crippen LogP contribution in [0.2, 0.25) is 0 Å². The molecule has 0 aliphatic carbocycles. The van der Waals surface area contributed by atoms with Gasteiger partial charge in [0.2, 0.25) is 0 Å². The monoisotopic (exact) mass is 399 g/mol. The minimum absolute atomic E-state index is 0.0376. The molecule has 29 heavy (non-hydrogen) atoms. The highest BCUT2D eigenvalue weighted by molar-refractivity contribution is 6.10. The molecule has 1 N–H and O–H groups in total. The zero-order valence-electron chi connectivity index (χ0n) is 16.0. The topological polar surface area (TPSA) is 49.0 Å². The van der Waals surface area contributed by atoms with Crippen LogP contribution in [0.1, 0.15) is 51.1 Å². The van der Waals surface area contributed by atoms with E-state index in [2.05, 4.69) is 17.1 Å². The molecule has 2 aromatic carbocycles. The molecule has 7 heteroatoms. The lowest BCUT2D eigenvalue weighted by Gasteiger charge is -2.19. The largest absolute Gasteiger partial charge is 0.416 e. The lowest BCUT2D eigenvalue weighted by Crippen LogP contribution is -2.23. The van der Waals surface area contributed by atoms with Crippen LogP contribution in [0, 0.1) is 6.92 Å². The first-order valence-electron chi connectivity index (χ1n) is 9.36. The second kappa shape index (κ2) is 7.06. The predicted molar refractivity (Wildman–Crippen MR) is 104 cm³/mol. The second-order valence-corrected chi connectivity index (χ2v) is 7.44. The summed E-state index contributed by atoms with van der Waals surface area (Å²) in [7, 11) is 0. The number of benzene rings is 2. The van der Waals surface area contributed by atoms with Gasteiger partial charge in [0.25, 0.3) is 5.91 Å². The van der Waals surface area contributed by atoms with E-state index in [0.717, 1.165) is 29.3 Å². The van der Waals surface area contributed by atoms with E-state index in [4.69, 9.17) is 0 Å². The maximum Gasteiger partial charge on any atom is 0.416 e. The summed E-state index contributed by atoms with van der Waals surface area (Å²) < 4.78 is 40.0. The summed E-state index contributed by atoms with van der Waals surface area (Å²) in [6.07, 6.45) is -1.92. The number of aryl methyl sites for hydroxylation is 1. The summed E-state index contributed by atoms with van der Waals surface area (Å²) in [5.41, 5.74) is 3.07. The molecular formula is C22H20F3N3O. The summed E-state index contributed by atoms with van der Waals surface area (Å²) in [5.74, 6) is -0.262. The molecule has 2 heterocycles. The van der Waals surface area contributed by atoms with Crippen LogP contribution in [-0.4, -0.2) is 16.1 Å². The number of nitrogens with one attached hydrogen (secondary N) is 1. The van der Waals surface area contributed by atoms with Crippen molar-refractivity contribution in [1.82, 2.24) is 10.2 Å². The van der Waals surface area contributed by atoms with Gasteiger partial charge in [0, 0.05) is 17.4 Å². The van der Waals surface area contributed by atoms with Crippen LogP contribution in [0.4, 0.5) is 18.9 Å². The van der Waals surface area contributed by atoms with E-state index in [1.807, 2.05) is 31.3 Å². The Labute approximate surface area is 166 Å². The van der Waals surface area contributed by atoms with Gasteiger partial charge < -0.3 is 4.90 Å². The fraction of sp³-hybridized carbons (Fsp3) is 0.273. The number of hydrogen-bond donors (Lipinski definition) is 1. The third-order valence-electron chi connectivity index (χ3n) is 5.46. The minimum atomic E-state index is -4.49. The molecule has 1 amide bonds. The van der Waals surface area contributed by atoms with Gasteiger partial charge in [-0.2, -0.15) is 18.3 Å². The summed E-state index contributed by atoms with van der Waals surface area (Å²) >= 11 is 0. The molecule has 4 nitrogen and oxygen atoms in total. The van der Waals surface area contributed by atoms with Crippen LogP contribution in [0.25, 0.3) is 0 Å². The zero-order chi connectivity index (χ0) is 20.8. The lowest BCUT2D eigenvalue weighted by molar-refractivity contribution is -0.138. The number of rotatable bonds is 4. The van der Waals surface area contributed by atoms with Gasteiger partial charge in [-0.3, -0.25) is 9.89 Å². The molecule has 3 aromatic rings. The third-order valence-corrected chi connectivity index (χ3v) is 5.46. The smallest absolute Gasteiger partial charge is 0.304 e. The SMILES string of the molecule is Cc1c[nH]nc1C[C@H](C)c1cccc(N2Cc3c(cccc3C(F)(F)F)C2=O)c1.